The van der Waals surface area contributed by atoms with Crippen molar-refractivity contribution in [1.29, 1.82) is 0 Å². The molecule has 0 saturated carbocycles. The van der Waals surface area contributed by atoms with Gasteiger partial charge in [-0.1, -0.05) is 23.3 Å². The van der Waals surface area contributed by atoms with Gasteiger partial charge in [0.2, 0.25) is 15.9 Å². The van der Waals surface area contributed by atoms with Gasteiger partial charge >= 0.3 is 0 Å². The first-order valence-corrected chi connectivity index (χ1v) is 13.5. The first-order chi connectivity index (χ1) is 15.4. The number of rotatable bonds is 9. The fourth-order valence-electron chi connectivity index (χ4n) is 4.47. The summed E-state index contributed by atoms with van der Waals surface area (Å²) in [6.07, 6.45) is 5.51. The third-order valence-corrected chi connectivity index (χ3v) is 8.66. The molecule has 8 heteroatoms. The van der Waals surface area contributed by atoms with E-state index in [-0.39, 0.29) is 25.2 Å². The van der Waals surface area contributed by atoms with Crippen molar-refractivity contribution in [3.63, 3.8) is 0 Å². The molecule has 2 saturated heterocycles. The van der Waals surface area contributed by atoms with Crippen LogP contribution < -0.4 is 0 Å². The van der Waals surface area contributed by atoms with E-state index in [4.69, 9.17) is 4.74 Å². The summed E-state index contributed by atoms with van der Waals surface area (Å²) in [5.41, 5.74) is 2.94. The second-order valence-corrected chi connectivity index (χ2v) is 11.8. The van der Waals surface area contributed by atoms with Gasteiger partial charge in [-0.2, -0.15) is 4.31 Å². The third kappa shape index (κ3) is 7.77. The molecule has 7 nitrogen and oxygen atoms in total. The summed E-state index contributed by atoms with van der Waals surface area (Å²) in [6, 6.07) is 0.257. The van der Waals surface area contributed by atoms with E-state index in [2.05, 4.69) is 18.7 Å². The maximum absolute atomic E-state index is 13.3. The van der Waals surface area contributed by atoms with E-state index in [0.717, 1.165) is 37.1 Å². The average molecular weight is 482 g/mol. The van der Waals surface area contributed by atoms with Crippen molar-refractivity contribution in [2.24, 2.45) is 0 Å². The summed E-state index contributed by atoms with van der Waals surface area (Å²) in [6.45, 7) is 17.8. The zero-order valence-corrected chi connectivity index (χ0v) is 22.4. The second kappa shape index (κ2) is 12.3. The summed E-state index contributed by atoms with van der Waals surface area (Å²) in [5.74, 6) is -0.0161. The number of ether oxygens (including phenoxy) is 1. The molecule has 0 radical (unpaired) electrons. The molecule has 1 amide bonds. The number of nitrogens with zero attached hydrogens (tertiary/aromatic N) is 3. The van der Waals surface area contributed by atoms with Crippen LogP contribution >= 0.6 is 0 Å². The van der Waals surface area contributed by atoms with Crippen molar-refractivity contribution < 1.29 is 17.9 Å². The normalized spacial score (nSPS) is 22.0. The Bertz CT molecular complexity index is 877. The minimum absolute atomic E-state index is 0.00452. The molecular weight excluding hydrogens is 438 g/mol. The highest BCUT2D eigenvalue weighted by Gasteiger charge is 2.36. The van der Waals surface area contributed by atoms with Crippen LogP contribution in [-0.4, -0.2) is 86.5 Å². The third-order valence-electron chi connectivity index (χ3n) is 6.47. The van der Waals surface area contributed by atoms with Crippen molar-refractivity contribution >= 4 is 15.9 Å². The lowest BCUT2D eigenvalue weighted by Gasteiger charge is -2.37. The summed E-state index contributed by atoms with van der Waals surface area (Å²) >= 11 is 0. The zero-order chi connectivity index (χ0) is 24.8. The Morgan fingerprint density at radius 2 is 1.64 bits per heavy atom. The molecule has 0 aromatic rings. The number of hydrogen-bond donors (Lipinski definition) is 0. The van der Waals surface area contributed by atoms with Crippen LogP contribution in [0, 0.1) is 0 Å². The van der Waals surface area contributed by atoms with Gasteiger partial charge in [0.15, 0.2) is 0 Å². The van der Waals surface area contributed by atoms with Gasteiger partial charge in [-0.25, -0.2) is 8.42 Å². The fraction of sp³-hybridized carbons (Fsp3) is 0.720. The molecular formula is C25H43N3O4S. The molecule has 0 N–H and O–H groups in total. The lowest BCUT2D eigenvalue weighted by Crippen LogP contribution is -2.51. The summed E-state index contributed by atoms with van der Waals surface area (Å²) in [5, 5.41) is 0. The summed E-state index contributed by atoms with van der Waals surface area (Å²) < 4.78 is 33.9. The van der Waals surface area contributed by atoms with Crippen LogP contribution in [0.5, 0.6) is 0 Å². The maximum atomic E-state index is 13.3. The highest BCUT2D eigenvalue weighted by atomic mass is 32.2. The summed E-state index contributed by atoms with van der Waals surface area (Å²) in [4.78, 5) is 17.1. The molecule has 2 fully saturated rings. The van der Waals surface area contributed by atoms with E-state index >= 15 is 0 Å². The van der Waals surface area contributed by atoms with Crippen LogP contribution in [0.15, 0.2) is 33.8 Å². The molecule has 0 unspecified atom stereocenters. The van der Waals surface area contributed by atoms with Gasteiger partial charge in [0.25, 0.3) is 0 Å². The molecule has 0 aromatic carbocycles. The molecule has 2 rings (SSSR count). The van der Waals surface area contributed by atoms with Crippen LogP contribution in [0.1, 0.15) is 61.3 Å². The number of sulfonamides is 1. The quantitative estimate of drug-likeness (QED) is 0.471. The smallest absolute Gasteiger partial charge is 0.248 e. The fourth-order valence-corrected chi connectivity index (χ4v) is 6.22. The van der Waals surface area contributed by atoms with Crippen molar-refractivity contribution in [3.8, 4) is 0 Å². The van der Waals surface area contributed by atoms with E-state index in [1.807, 2.05) is 44.7 Å². The van der Waals surface area contributed by atoms with Crippen molar-refractivity contribution in [2.45, 2.75) is 73.4 Å². The van der Waals surface area contributed by atoms with Gasteiger partial charge in [0, 0.05) is 44.8 Å². The largest absolute Gasteiger partial charge is 0.370 e. The molecule has 0 bridgehead atoms. The molecule has 0 aliphatic carbocycles. The number of carbonyl (C=O) groups excluding carboxylic acids is 1. The Hall–Kier alpha value is -1.48. The number of hydrogen-bond acceptors (Lipinski definition) is 5. The summed E-state index contributed by atoms with van der Waals surface area (Å²) in [7, 11) is -3.58. The standard InChI is InChI=1S/C25H43N3O4S/c1-19(2)15-21(5)16-22(6)23(7)33(30,31)28-10-8-9-24(28)17-32-18-25(29)27-13-11-26(12-14-27)20(3)4/h15-16,20,24H,8-14,17-18H2,1-7H3/b21-16-,23-22+/t24-/m0/s1. The van der Waals surface area contributed by atoms with Crippen molar-refractivity contribution in [2.75, 3.05) is 45.9 Å². The number of carbonyl (C=O) groups is 1. The average Bonchev–Trinajstić information content (AvgIpc) is 3.21. The van der Waals surface area contributed by atoms with E-state index in [0.29, 0.717) is 30.6 Å². The topological polar surface area (TPSA) is 70.2 Å². The monoisotopic (exact) mass is 481 g/mol. The van der Waals surface area contributed by atoms with Gasteiger partial charge in [-0.05, 0) is 66.9 Å². The molecule has 0 spiro atoms. The lowest BCUT2D eigenvalue weighted by molar-refractivity contribution is -0.138. The predicted molar refractivity (Wildman–Crippen MR) is 134 cm³/mol. The first-order valence-electron chi connectivity index (χ1n) is 12.1. The SMILES string of the molecule is CC(C)=C/C(C)=C\C(C)=C(/C)S(=O)(=O)N1CCC[C@H]1COCC(=O)N1CCN(C(C)C)CC1. The molecule has 188 valence electrons. The van der Waals surface area contributed by atoms with E-state index in [1.54, 1.807) is 11.2 Å². The number of piperazine rings is 1. The molecule has 0 aromatic heterocycles. The van der Waals surface area contributed by atoms with Crippen LogP contribution in [0.25, 0.3) is 0 Å². The highest BCUT2D eigenvalue weighted by molar-refractivity contribution is 7.93. The van der Waals surface area contributed by atoms with Crippen LogP contribution in [0.3, 0.4) is 0 Å². The van der Waals surface area contributed by atoms with Crippen LogP contribution in [0.4, 0.5) is 0 Å². The van der Waals surface area contributed by atoms with Gasteiger partial charge < -0.3 is 9.64 Å². The Balaban J connectivity index is 1.95. The van der Waals surface area contributed by atoms with Crippen LogP contribution in [0.2, 0.25) is 0 Å². The van der Waals surface area contributed by atoms with Crippen molar-refractivity contribution in [1.82, 2.24) is 14.1 Å². The van der Waals surface area contributed by atoms with Gasteiger partial charge in [-0.15, -0.1) is 0 Å². The first kappa shape index (κ1) is 27.8. The minimum Gasteiger partial charge on any atom is -0.370 e. The highest BCUT2D eigenvalue weighted by Crippen LogP contribution is 2.27. The van der Waals surface area contributed by atoms with Crippen LogP contribution in [-0.2, 0) is 19.6 Å². The lowest BCUT2D eigenvalue weighted by atomic mass is 10.1. The van der Waals surface area contributed by atoms with E-state index < -0.39 is 10.0 Å². The molecule has 2 heterocycles. The van der Waals surface area contributed by atoms with E-state index in [1.165, 1.54) is 5.57 Å². The Labute approximate surface area is 201 Å². The van der Waals surface area contributed by atoms with E-state index in [9.17, 15) is 13.2 Å². The van der Waals surface area contributed by atoms with Gasteiger partial charge in [0.05, 0.1) is 11.5 Å². The Morgan fingerprint density at radius 1 is 1.00 bits per heavy atom. The molecule has 33 heavy (non-hydrogen) atoms. The second-order valence-electron chi connectivity index (χ2n) is 9.79. The maximum Gasteiger partial charge on any atom is 0.248 e. The number of amides is 1. The molecule has 2 aliphatic rings. The van der Waals surface area contributed by atoms with Gasteiger partial charge in [-0.3, -0.25) is 9.69 Å². The molecule has 1 atom stereocenters. The Kier molecular flexibility index (Phi) is 10.3. The van der Waals surface area contributed by atoms with Gasteiger partial charge in [0.1, 0.15) is 6.61 Å². The molecule has 2 aliphatic heterocycles. The Morgan fingerprint density at radius 3 is 2.21 bits per heavy atom. The number of allylic oxidation sites excluding steroid dienone is 6. The van der Waals surface area contributed by atoms with Crippen molar-refractivity contribution in [3.05, 3.63) is 33.8 Å². The zero-order valence-electron chi connectivity index (χ0n) is 21.6. The predicted octanol–water partition coefficient (Wildman–Crippen LogP) is 3.56. The minimum atomic E-state index is -3.58.